The molecule has 1 aliphatic heterocycles. The van der Waals surface area contributed by atoms with Crippen LogP contribution in [0.15, 0.2) is 42.7 Å². The number of carbonyl (C=O) groups excluding carboxylic acids is 1. The molecule has 0 aliphatic carbocycles. The Morgan fingerprint density at radius 3 is 2.81 bits per heavy atom. The highest BCUT2D eigenvalue weighted by Gasteiger charge is 2.32. The summed E-state index contributed by atoms with van der Waals surface area (Å²) in [5.74, 6) is 0.506. The smallest absolute Gasteiger partial charge is 0.266 e. The lowest BCUT2D eigenvalue weighted by Crippen LogP contribution is -2.48. The van der Waals surface area contributed by atoms with Crippen molar-refractivity contribution in [2.45, 2.75) is 13.0 Å². The minimum absolute atomic E-state index is 0.0291. The maximum atomic E-state index is 13.3. The fourth-order valence-corrected chi connectivity index (χ4v) is 4.43. The molecule has 8 heteroatoms. The van der Waals surface area contributed by atoms with E-state index in [1.807, 2.05) is 36.1 Å². The molecule has 1 N–H and O–H groups in total. The number of hydrogen-bond acceptors (Lipinski definition) is 6. The first kappa shape index (κ1) is 18.0. The summed E-state index contributed by atoms with van der Waals surface area (Å²) >= 11 is 7.73. The summed E-state index contributed by atoms with van der Waals surface area (Å²) in [7, 11) is 0. The highest BCUT2D eigenvalue weighted by atomic mass is 35.5. The van der Waals surface area contributed by atoms with E-state index in [-0.39, 0.29) is 11.9 Å². The first-order valence-electron chi connectivity index (χ1n) is 8.66. The van der Waals surface area contributed by atoms with Crippen molar-refractivity contribution in [3.63, 3.8) is 0 Å². The number of piperazine rings is 1. The first-order valence-corrected chi connectivity index (χ1v) is 9.85. The lowest BCUT2D eigenvalue weighted by atomic mass is 10.0. The van der Waals surface area contributed by atoms with Gasteiger partial charge in [0.1, 0.15) is 4.88 Å². The zero-order valence-corrected chi connectivity index (χ0v) is 16.3. The monoisotopic (exact) mass is 399 g/mol. The van der Waals surface area contributed by atoms with Gasteiger partial charge in [0, 0.05) is 37.1 Å². The molecule has 1 fully saturated rings. The van der Waals surface area contributed by atoms with Crippen molar-refractivity contribution in [2.75, 3.05) is 19.6 Å². The van der Waals surface area contributed by atoms with Gasteiger partial charge >= 0.3 is 0 Å². The number of benzene rings is 1. The summed E-state index contributed by atoms with van der Waals surface area (Å²) < 4.78 is 0. The Morgan fingerprint density at radius 1 is 1.26 bits per heavy atom. The maximum absolute atomic E-state index is 13.3. The number of aryl methyl sites for hydroxylation is 1. The third kappa shape index (κ3) is 3.58. The van der Waals surface area contributed by atoms with Crippen LogP contribution in [0.4, 0.5) is 0 Å². The van der Waals surface area contributed by atoms with Crippen molar-refractivity contribution in [1.82, 2.24) is 25.2 Å². The molecule has 1 atom stereocenters. The number of halogens is 1. The van der Waals surface area contributed by atoms with E-state index in [0.29, 0.717) is 39.5 Å². The SMILES string of the molecule is Cc1nc(-c2ncccn2)sc1C(=O)N1CCNCC1c1ccccc1Cl. The second-order valence-corrected chi connectivity index (χ2v) is 7.65. The zero-order valence-electron chi connectivity index (χ0n) is 14.7. The fourth-order valence-electron chi connectivity index (χ4n) is 3.20. The van der Waals surface area contributed by atoms with Crippen molar-refractivity contribution >= 4 is 28.8 Å². The molecular weight excluding hydrogens is 382 g/mol. The van der Waals surface area contributed by atoms with Crippen LogP contribution in [0.1, 0.15) is 27.0 Å². The number of hydrogen-bond donors (Lipinski definition) is 1. The molecule has 27 heavy (non-hydrogen) atoms. The van der Waals surface area contributed by atoms with Crippen LogP contribution in [0, 0.1) is 6.92 Å². The van der Waals surface area contributed by atoms with Gasteiger partial charge in [-0.1, -0.05) is 29.8 Å². The van der Waals surface area contributed by atoms with Gasteiger partial charge < -0.3 is 10.2 Å². The predicted molar refractivity (Wildman–Crippen MR) is 106 cm³/mol. The summed E-state index contributed by atoms with van der Waals surface area (Å²) in [4.78, 5) is 28.8. The molecule has 0 saturated carbocycles. The maximum Gasteiger partial charge on any atom is 0.266 e. The molecule has 0 bridgehead atoms. The van der Waals surface area contributed by atoms with Crippen LogP contribution in [0.5, 0.6) is 0 Å². The van der Waals surface area contributed by atoms with Crippen molar-refractivity contribution in [1.29, 1.82) is 0 Å². The minimum atomic E-state index is -0.113. The second-order valence-electron chi connectivity index (χ2n) is 6.25. The Hall–Kier alpha value is -2.35. The summed E-state index contributed by atoms with van der Waals surface area (Å²) in [5, 5.41) is 4.68. The standard InChI is InChI=1S/C19H18ClN5OS/c1-12-16(27-18(24-12)17-22-7-4-8-23-17)19(26)25-10-9-21-11-15(25)13-5-2-3-6-14(13)20/h2-8,15,21H,9-11H2,1H3. The Morgan fingerprint density at radius 2 is 2.04 bits per heavy atom. The molecule has 6 nitrogen and oxygen atoms in total. The minimum Gasteiger partial charge on any atom is -0.328 e. The van der Waals surface area contributed by atoms with Crippen molar-refractivity contribution in [3.05, 3.63) is 63.9 Å². The molecule has 1 aromatic carbocycles. The number of nitrogens with zero attached hydrogens (tertiary/aromatic N) is 4. The number of nitrogens with one attached hydrogen (secondary N) is 1. The normalized spacial score (nSPS) is 17.1. The Bertz CT molecular complexity index is 962. The van der Waals surface area contributed by atoms with Gasteiger partial charge in [-0.05, 0) is 24.6 Å². The predicted octanol–water partition coefficient (Wildman–Crippen LogP) is 3.35. The summed E-state index contributed by atoms with van der Waals surface area (Å²) in [5.41, 5.74) is 1.65. The second kappa shape index (κ2) is 7.72. The fraction of sp³-hybridized carbons (Fsp3) is 0.263. The molecule has 0 radical (unpaired) electrons. The molecule has 1 saturated heterocycles. The molecule has 3 aromatic rings. The molecule has 138 valence electrons. The lowest BCUT2D eigenvalue weighted by Gasteiger charge is -2.36. The molecule has 4 rings (SSSR count). The average molecular weight is 400 g/mol. The van der Waals surface area contributed by atoms with Crippen molar-refractivity contribution in [2.24, 2.45) is 0 Å². The largest absolute Gasteiger partial charge is 0.328 e. The van der Waals surface area contributed by atoms with E-state index in [4.69, 9.17) is 11.6 Å². The summed E-state index contributed by atoms with van der Waals surface area (Å²) in [6.45, 7) is 3.88. The number of carbonyl (C=O) groups is 1. The van der Waals surface area contributed by atoms with Crippen LogP contribution in [0.25, 0.3) is 10.8 Å². The van der Waals surface area contributed by atoms with E-state index in [9.17, 15) is 4.79 Å². The quantitative estimate of drug-likeness (QED) is 0.731. The molecule has 3 heterocycles. The highest BCUT2D eigenvalue weighted by molar-refractivity contribution is 7.17. The van der Waals surface area contributed by atoms with Gasteiger partial charge in [-0.15, -0.1) is 11.3 Å². The number of aromatic nitrogens is 3. The molecule has 0 spiro atoms. The van der Waals surface area contributed by atoms with Gasteiger partial charge in [-0.3, -0.25) is 4.79 Å². The summed E-state index contributed by atoms with van der Waals surface area (Å²) in [6, 6.07) is 9.32. The number of amides is 1. The van der Waals surface area contributed by atoms with Crippen LogP contribution in [-0.2, 0) is 0 Å². The summed E-state index contributed by atoms with van der Waals surface area (Å²) in [6.07, 6.45) is 3.34. The van der Waals surface area contributed by atoms with E-state index in [0.717, 1.165) is 12.1 Å². The van der Waals surface area contributed by atoms with Crippen LogP contribution >= 0.6 is 22.9 Å². The van der Waals surface area contributed by atoms with E-state index < -0.39 is 0 Å². The topological polar surface area (TPSA) is 71.0 Å². The molecule has 2 aromatic heterocycles. The van der Waals surface area contributed by atoms with Gasteiger partial charge in [-0.25, -0.2) is 15.0 Å². The third-order valence-corrected chi connectivity index (χ3v) is 6.00. The van der Waals surface area contributed by atoms with E-state index in [2.05, 4.69) is 20.3 Å². The number of thiazole rings is 1. The van der Waals surface area contributed by atoms with E-state index in [1.54, 1.807) is 18.5 Å². The molecule has 1 aliphatic rings. The van der Waals surface area contributed by atoms with Crippen LogP contribution in [0.3, 0.4) is 0 Å². The van der Waals surface area contributed by atoms with Gasteiger partial charge in [0.2, 0.25) is 0 Å². The lowest BCUT2D eigenvalue weighted by molar-refractivity contribution is 0.0638. The molecule has 1 amide bonds. The Balaban J connectivity index is 1.67. The van der Waals surface area contributed by atoms with Crippen LogP contribution < -0.4 is 5.32 Å². The number of rotatable bonds is 3. The molecule has 1 unspecified atom stereocenters. The third-order valence-electron chi connectivity index (χ3n) is 4.52. The first-order chi connectivity index (χ1) is 13.1. The van der Waals surface area contributed by atoms with Crippen molar-refractivity contribution < 1.29 is 4.79 Å². The van der Waals surface area contributed by atoms with Gasteiger partial charge in [0.25, 0.3) is 5.91 Å². The van der Waals surface area contributed by atoms with Gasteiger partial charge in [-0.2, -0.15) is 0 Å². The average Bonchev–Trinajstić information content (AvgIpc) is 3.10. The highest BCUT2D eigenvalue weighted by Crippen LogP contribution is 2.32. The van der Waals surface area contributed by atoms with E-state index in [1.165, 1.54) is 11.3 Å². The van der Waals surface area contributed by atoms with Crippen molar-refractivity contribution in [3.8, 4) is 10.8 Å². The Kier molecular flexibility index (Phi) is 5.15. The zero-order chi connectivity index (χ0) is 18.8. The van der Waals surface area contributed by atoms with Crippen LogP contribution in [0.2, 0.25) is 5.02 Å². The molecular formula is C19H18ClN5OS. The van der Waals surface area contributed by atoms with Crippen LogP contribution in [-0.4, -0.2) is 45.4 Å². The van der Waals surface area contributed by atoms with E-state index >= 15 is 0 Å². The van der Waals surface area contributed by atoms with Gasteiger partial charge in [0.15, 0.2) is 10.8 Å². The van der Waals surface area contributed by atoms with Gasteiger partial charge in [0.05, 0.1) is 11.7 Å². The Labute approximate surface area is 166 Å².